The molecule has 0 radical (unpaired) electrons. The van der Waals surface area contributed by atoms with Crippen molar-refractivity contribution < 1.29 is 4.79 Å². The molecule has 0 aliphatic carbocycles. The molecule has 2 rings (SSSR count). The second-order valence-electron chi connectivity index (χ2n) is 5.07. The fourth-order valence-electron chi connectivity index (χ4n) is 2.03. The number of nitrogens with zero attached hydrogens (tertiary/aromatic N) is 3. The second kappa shape index (κ2) is 6.67. The molecule has 0 saturated heterocycles. The fraction of sp³-hybridized carbons (Fsp3) is 0.235. The van der Waals surface area contributed by atoms with Gasteiger partial charge in [-0.3, -0.25) is 9.78 Å². The van der Waals surface area contributed by atoms with E-state index >= 15 is 0 Å². The van der Waals surface area contributed by atoms with Crippen LogP contribution in [0.15, 0.2) is 48.8 Å². The molecule has 1 heterocycles. The van der Waals surface area contributed by atoms with Crippen molar-refractivity contribution in [1.82, 2.24) is 9.88 Å². The predicted molar refractivity (Wildman–Crippen MR) is 80.4 cm³/mol. The van der Waals surface area contributed by atoms with Crippen molar-refractivity contribution in [2.24, 2.45) is 0 Å². The Bertz CT molecular complexity index is 642. The molecule has 0 unspecified atom stereocenters. The minimum absolute atomic E-state index is 0.0169. The van der Waals surface area contributed by atoms with Gasteiger partial charge in [0.05, 0.1) is 11.6 Å². The molecule has 0 bridgehead atoms. The first kappa shape index (κ1) is 14.7. The molecule has 0 aliphatic heterocycles. The van der Waals surface area contributed by atoms with E-state index in [9.17, 15) is 4.79 Å². The highest BCUT2D eigenvalue weighted by Crippen LogP contribution is 2.13. The maximum Gasteiger partial charge on any atom is 0.254 e. The zero-order valence-corrected chi connectivity index (χ0v) is 12.2. The number of rotatable bonds is 4. The van der Waals surface area contributed by atoms with Crippen molar-refractivity contribution in [3.63, 3.8) is 0 Å². The van der Waals surface area contributed by atoms with Crippen molar-refractivity contribution in [3.05, 3.63) is 65.5 Å². The third kappa shape index (κ3) is 3.67. The van der Waals surface area contributed by atoms with Crippen molar-refractivity contribution in [2.45, 2.75) is 26.4 Å². The Hall–Kier alpha value is -2.67. The van der Waals surface area contributed by atoms with Gasteiger partial charge in [0.2, 0.25) is 0 Å². The first-order valence-electron chi connectivity index (χ1n) is 6.82. The van der Waals surface area contributed by atoms with Crippen molar-refractivity contribution in [3.8, 4) is 6.07 Å². The number of hydrogen-bond donors (Lipinski definition) is 0. The van der Waals surface area contributed by atoms with E-state index in [-0.39, 0.29) is 11.9 Å². The quantitative estimate of drug-likeness (QED) is 0.864. The number of benzene rings is 1. The molecule has 2 aromatic rings. The lowest BCUT2D eigenvalue weighted by Crippen LogP contribution is -2.36. The zero-order chi connectivity index (χ0) is 15.2. The van der Waals surface area contributed by atoms with Gasteiger partial charge >= 0.3 is 0 Å². The summed E-state index contributed by atoms with van der Waals surface area (Å²) in [4.78, 5) is 18.3. The Morgan fingerprint density at radius 2 is 1.81 bits per heavy atom. The van der Waals surface area contributed by atoms with E-state index < -0.39 is 0 Å². The molecule has 0 spiro atoms. The second-order valence-corrected chi connectivity index (χ2v) is 5.07. The summed E-state index contributed by atoms with van der Waals surface area (Å²) >= 11 is 0. The van der Waals surface area contributed by atoms with Crippen LogP contribution < -0.4 is 0 Å². The average molecular weight is 279 g/mol. The van der Waals surface area contributed by atoms with E-state index in [0.29, 0.717) is 17.7 Å². The predicted octanol–water partition coefficient (Wildman–Crippen LogP) is 3.00. The monoisotopic (exact) mass is 279 g/mol. The molecule has 1 amide bonds. The lowest BCUT2D eigenvalue weighted by molar-refractivity contribution is 0.0690. The number of aromatic nitrogens is 1. The minimum Gasteiger partial charge on any atom is -0.332 e. The van der Waals surface area contributed by atoms with E-state index in [0.717, 1.165) is 5.56 Å². The first-order valence-corrected chi connectivity index (χ1v) is 6.82. The summed E-state index contributed by atoms with van der Waals surface area (Å²) in [5.41, 5.74) is 2.26. The highest BCUT2D eigenvalue weighted by atomic mass is 16.2. The molecular formula is C17H17N3O. The van der Waals surface area contributed by atoms with Gasteiger partial charge in [-0.1, -0.05) is 12.1 Å². The van der Waals surface area contributed by atoms with E-state index in [2.05, 4.69) is 11.1 Å². The van der Waals surface area contributed by atoms with Gasteiger partial charge in [0.25, 0.3) is 5.91 Å². The van der Waals surface area contributed by atoms with Gasteiger partial charge < -0.3 is 4.90 Å². The number of amides is 1. The van der Waals surface area contributed by atoms with Crippen LogP contribution in [0.1, 0.15) is 35.3 Å². The summed E-state index contributed by atoms with van der Waals surface area (Å²) in [6.45, 7) is 4.50. The minimum atomic E-state index is -0.0169. The normalized spacial score (nSPS) is 10.2. The molecule has 4 nitrogen and oxygen atoms in total. The standard InChI is InChI=1S/C17H17N3O/c1-13(2)20(17(21)16-7-9-19-10-8-16)12-15-5-3-14(11-18)4-6-15/h3-10,13H,12H2,1-2H3. The SMILES string of the molecule is CC(C)N(Cc1ccc(C#N)cc1)C(=O)c1ccncc1. The molecule has 4 heteroatoms. The topological polar surface area (TPSA) is 57.0 Å². The molecule has 1 aromatic heterocycles. The summed E-state index contributed by atoms with van der Waals surface area (Å²) in [5.74, 6) is -0.0169. The van der Waals surface area contributed by atoms with Crippen LogP contribution in [-0.4, -0.2) is 21.8 Å². The Labute approximate surface area is 124 Å². The molecule has 0 N–H and O–H groups in total. The van der Waals surface area contributed by atoms with Gasteiger partial charge in [-0.2, -0.15) is 5.26 Å². The third-order valence-corrected chi connectivity index (χ3v) is 3.25. The maximum absolute atomic E-state index is 12.6. The molecular weight excluding hydrogens is 262 g/mol. The summed E-state index contributed by atoms with van der Waals surface area (Å²) < 4.78 is 0. The molecule has 0 aliphatic rings. The molecule has 0 fully saturated rings. The Balaban J connectivity index is 2.19. The Morgan fingerprint density at radius 3 is 2.33 bits per heavy atom. The largest absolute Gasteiger partial charge is 0.332 e. The Morgan fingerprint density at radius 1 is 1.19 bits per heavy atom. The lowest BCUT2D eigenvalue weighted by atomic mass is 10.1. The molecule has 0 saturated carbocycles. The van der Waals surface area contributed by atoms with E-state index in [4.69, 9.17) is 5.26 Å². The smallest absolute Gasteiger partial charge is 0.254 e. The number of hydrogen-bond acceptors (Lipinski definition) is 3. The number of carbonyl (C=O) groups excluding carboxylic acids is 1. The molecule has 1 aromatic carbocycles. The summed E-state index contributed by atoms with van der Waals surface area (Å²) in [7, 11) is 0. The van der Waals surface area contributed by atoms with Crippen LogP contribution in [0.3, 0.4) is 0 Å². The van der Waals surface area contributed by atoms with Gasteiger partial charge in [-0.05, 0) is 43.7 Å². The maximum atomic E-state index is 12.6. The zero-order valence-electron chi connectivity index (χ0n) is 12.2. The lowest BCUT2D eigenvalue weighted by Gasteiger charge is -2.27. The van der Waals surface area contributed by atoms with Crippen LogP contribution in [0.4, 0.5) is 0 Å². The van der Waals surface area contributed by atoms with Gasteiger partial charge in [0, 0.05) is 30.5 Å². The van der Waals surface area contributed by atoms with Crippen LogP contribution in [-0.2, 0) is 6.54 Å². The third-order valence-electron chi connectivity index (χ3n) is 3.25. The van der Waals surface area contributed by atoms with Crippen LogP contribution in [0, 0.1) is 11.3 Å². The summed E-state index contributed by atoms with van der Waals surface area (Å²) in [6.07, 6.45) is 3.24. The van der Waals surface area contributed by atoms with E-state index in [1.807, 2.05) is 26.0 Å². The first-order chi connectivity index (χ1) is 10.1. The molecule has 0 atom stereocenters. The highest BCUT2D eigenvalue weighted by Gasteiger charge is 2.18. The Kier molecular flexibility index (Phi) is 4.68. The average Bonchev–Trinajstić information content (AvgIpc) is 2.53. The number of nitriles is 1. The number of pyridine rings is 1. The molecule has 21 heavy (non-hydrogen) atoms. The van der Waals surface area contributed by atoms with Gasteiger partial charge in [0.1, 0.15) is 0 Å². The van der Waals surface area contributed by atoms with Crippen LogP contribution in [0.25, 0.3) is 0 Å². The summed E-state index contributed by atoms with van der Waals surface area (Å²) in [6, 6.07) is 12.9. The van der Waals surface area contributed by atoms with Gasteiger partial charge in [-0.15, -0.1) is 0 Å². The molecule has 106 valence electrons. The van der Waals surface area contributed by atoms with E-state index in [1.165, 1.54) is 0 Å². The van der Waals surface area contributed by atoms with Crippen molar-refractivity contribution in [1.29, 1.82) is 5.26 Å². The number of carbonyl (C=O) groups is 1. The summed E-state index contributed by atoms with van der Waals surface area (Å²) in [5, 5.41) is 8.82. The van der Waals surface area contributed by atoms with Crippen molar-refractivity contribution >= 4 is 5.91 Å². The van der Waals surface area contributed by atoms with Crippen LogP contribution in [0.2, 0.25) is 0 Å². The van der Waals surface area contributed by atoms with Crippen LogP contribution in [0.5, 0.6) is 0 Å². The van der Waals surface area contributed by atoms with Gasteiger partial charge in [0.15, 0.2) is 0 Å². The van der Waals surface area contributed by atoms with Crippen molar-refractivity contribution in [2.75, 3.05) is 0 Å². The highest BCUT2D eigenvalue weighted by molar-refractivity contribution is 5.94. The van der Waals surface area contributed by atoms with Crippen LogP contribution >= 0.6 is 0 Å². The van der Waals surface area contributed by atoms with Gasteiger partial charge in [-0.25, -0.2) is 0 Å². The van der Waals surface area contributed by atoms with E-state index in [1.54, 1.807) is 41.6 Å². The fourth-order valence-corrected chi connectivity index (χ4v) is 2.03.